The molecule has 0 aromatic heterocycles. The van der Waals surface area contributed by atoms with Gasteiger partial charge in [-0.05, 0) is 80.1 Å². The Morgan fingerprint density at radius 2 is 1.88 bits per heavy atom. The van der Waals surface area contributed by atoms with Crippen molar-refractivity contribution < 1.29 is 14.3 Å². The number of Topliss-reactive ketones (excluding diaryl/α,β-unsaturated/α-hetero) is 1. The van der Waals surface area contributed by atoms with Gasteiger partial charge in [-0.3, -0.25) is 4.79 Å². The smallest absolute Gasteiger partial charge is 0.192 e. The summed E-state index contributed by atoms with van der Waals surface area (Å²) in [6, 6.07) is 0. The number of rotatable bonds is 2. The number of carbonyl (C=O) groups is 1. The molecule has 25 heavy (non-hydrogen) atoms. The van der Waals surface area contributed by atoms with Gasteiger partial charge in [0, 0.05) is 11.8 Å². The predicted octanol–water partition coefficient (Wildman–Crippen LogP) is 4.75. The van der Waals surface area contributed by atoms with Crippen LogP contribution in [0.4, 0.5) is 0 Å². The van der Waals surface area contributed by atoms with Gasteiger partial charge in [-0.15, -0.1) is 0 Å². The van der Waals surface area contributed by atoms with Crippen LogP contribution >= 0.6 is 0 Å². The van der Waals surface area contributed by atoms with E-state index in [1.807, 2.05) is 0 Å². The third-order valence-electron chi connectivity index (χ3n) is 8.34. The maximum Gasteiger partial charge on any atom is 0.192 e. The van der Waals surface area contributed by atoms with Crippen molar-refractivity contribution in [2.75, 3.05) is 0 Å². The second-order valence-corrected chi connectivity index (χ2v) is 15.3. The zero-order chi connectivity index (χ0) is 18.3. The van der Waals surface area contributed by atoms with E-state index in [2.05, 4.69) is 33.9 Å². The van der Waals surface area contributed by atoms with Gasteiger partial charge in [-0.25, -0.2) is 0 Å². The van der Waals surface area contributed by atoms with Gasteiger partial charge < -0.3 is 9.53 Å². The number of hydrogen-bond donors (Lipinski definition) is 1. The van der Waals surface area contributed by atoms with Crippen LogP contribution in [0, 0.1) is 11.3 Å². The molecule has 0 unspecified atom stereocenters. The van der Waals surface area contributed by atoms with E-state index in [1.165, 1.54) is 5.57 Å². The van der Waals surface area contributed by atoms with Gasteiger partial charge in [-0.1, -0.05) is 20.8 Å². The highest BCUT2D eigenvalue weighted by Crippen LogP contribution is 2.68. The summed E-state index contributed by atoms with van der Waals surface area (Å²) in [5, 5.41) is 11.9. The molecule has 0 aromatic carbocycles. The normalized spacial score (nSPS) is 41.1. The van der Waals surface area contributed by atoms with Crippen molar-refractivity contribution in [2.45, 2.75) is 102 Å². The quantitative estimate of drug-likeness (QED) is 0.721. The van der Waals surface area contributed by atoms with Crippen LogP contribution in [0.5, 0.6) is 0 Å². The number of aliphatic hydroxyl groups is 1. The highest BCUT2D eigenvalue weighted by atomic mass is 28.4. The molecule has 3 nitrogen and oxygen atoms in total. The first kappa shape index (κ1) is 17.9. The Bertz CT molecular complexity index is 644. The van der Waals surface area contributed by atoms with E-state index in [0.717, 1.165) is 50.5 Å². The standard InChI is InChI=1S/C21H34O3Si/c1-19(2,3)25(4,5)24-17-7-6-10-20(23)11-9-15-16(22)13-14-8-12-21(17,20)18(14)15/h14,17,23H,6-13H2,1-5H3/t14-,17-,20+,21+/m0/s1. The van der Waals surface area contributed by atoms with Crippen LogP contribution in [0.3, 0.4) is 0 Å². The Kier molecular flexibility index (Phi) is 3.80. The van der Waals surface area contributed by atoms with Crippen LogP contribution in [0.25, 0.3) is 0 Å². The molecule has 0 heterocycles. The first-order chi connectivity index (χ1) is 11.5. The molecule has 0 aliphatic heterocycles. The average Bonchev–Trinajstić information content (AvgIpc) is 3.00. The molecule has 140 valence electrons. The monoisotopic (exact) mass is 362 g/mol. The van der Waals surface area contributed by atoms with Gasteiger partial charge in [0.1, 0.15) is 0 Å². The Labute approximate surface area is 153 Å². The summed E-state index contributed by atoms with van der Waals surface area (Å²) >= 11 is 0. The molecule has 2 saturated carbocycles. The maximum absolute atomic E-state index is 12.6. The van der Waals surface area contributed by atoms with E-state index >= 15 is 0 Å². The fourth-order valence-electron chi connectivity index (χ4n) is 6.07. The third kappa shape index (κ3) is 2.26. The van der Waals surface area contributed by atoms with E-state index in [1.54, 1.807) is 0 Å². The summed E-state index contributed by atoms with van der Waals surface area (Å²) < 4.78 is 6.98. The lowest BCUT2D eigenvalue weighted by atomic mass is 9.54. The second-order valence-electron chi connectivity index (χ2n) is 10.5. The number of ketones is 1. The van der Waals surface area contributed by atoms with Gasteiger partial charge in [0.25, 0.3) is 0 Å². The number of allylic oxidation sites excluding steroid dienone is 1. The molecular formula is C21H34O3Si. The zero-order valence-corrected chi connectivity index (χ0v) is 17.6. The van der Waals surface area contributed by atoms with Crippen molar-refractivity contribution in [3.8, 4) is 0 Å². The first-order valence-electron chi connectivity index (χ1n) is 10.2. The van der Waals surface area contributed by atoms with Crippen LogP contribution in [0.2, 0.25) is 18.1 Å². The largest absolute Gasteiger partial charge is 0.413 e. The van der Waals surface area contributed by atoms with Crippen molar-refractivity contribution in [2.24, 2.45) is 11.3 Å². The Morgan fingerprint density at radius 1 is 1.16 bits per heavy atom. The average molecular weight is 363 g/mol. The van der Waals surface area contributed by atoms with E-state index in [9.17, 15) is 9.90 Å². The van der Waals surface area contributed by atoms with E-state index in [0.29, 0.717) is 18.1 Å². The van der Waals surface area contributed by atoms with E-state index in [4.69, 9.17) is 4.43 Å². The van der Waals surface area contributed by atoms with Crippen LogP contribution in [0.15, 0.2) is 11.1 Å². The zero-order valence-electron chi connectivity index (χ0n) is 16.6. The molecule has 2 fully saturated rings. The SMILES string of the molecule is CC(C)(C)[Si](C)(C)O[C@H]1CCC[C@@]2(O)CCC3=C4[C@@H](CC[C@]412)CC3=O. The Morgan fingerprint density at radius 3 is 2.56 bits per heavy atom. The fraction of sp³-hybridized carbons (Fsp3) is 0.857. The highest BCUT2D eigenvalue weighted by molar-refractivity contribution is 6.74. The van der Waals surface area contributed by atoms with Crippen molar-refractivity contribution in [1.29, 1.82) is 0 Å². The molecule has 0 aromatic rings. The van der Waals surface area contributed by atoms with Crippen LogP contribution in [-0.4, -0.2) is 30.9 Å². The van der Waals surface area contributed by atoms with Crippen molar-refractivity contribution in [3.63, 3.8) is 0 Å². The predicted molar refractivity (Wildman–Crippen MR) is 102 cm³/mol. The second kappa shape index (κ2) is 5.29. The minimum absolute atomic E-state index is 0.0911. The molecule has 0 saturated heterocycles. The van der Waals surface area contributed by atoms with E-state index in [-0.39, 0.29) is 16.6 Å². The molecular weight excluding hydrogens is 328 g/mol. The molecule has 4 aliphatic carbocycles. The van der Waals surface area contributed by atoms with Crippen molar-refractivity contribution in [1.82, 2.24) is 0 Å². The molecule has 0 bridgehead atoms. The molecule has 1 spiro atoms. The van der Waals surface area contributed by atoms with Gasteiger partial charge in [-0.2, -0.15) is 0 Å². The molecule has 4 aliphatic rings. The van der Waals surface area contributed by atoms with Crippen molar-refractivity contribution in [3.05, 3.63) is 11.1 Å². The van der Waals surface area contributed by atoms with Crippen LogP contribution < -0.4 is 0 Å². The topological polar surface area (TPSA) is 46.5 Å². The van der Waals surface area contributed by atoms with Gasteiger partial charge in [0.2, 0.25) is 0 Å². The maximum atomic E-state index is 12.6. The first-order valence-corrected chi connectivity index (χ1v) is 13.1. The summed E-state index contributed by atoms with van der Waals surface area (Å²) in [5.74, 6) is 0.746. The lowest BCUT2D eigenvalue weighted by Gasteiger charge is -2.58. The summed E-state index contributed by atoms with van der Waals surface area (Å²) in [7, 11) is -1.93. The Balaban J connectivity index is 1.80. The molecule has 0 radical (unpaired) electrons. The van der Waals surface area contributed by atoms with Crippen LogP contribution in [0.1, 0.15) is 72.1 Å². The minimum Gasteiger partial charge on any atom is -0.413 e. The highest BCUT2D eigenvalue weighted by Gasteiger charge is 2.67. The summed E-state index contributed by atoms with van der Waals surface area (Å²) in [6.07, 6.45) is 7.34. The molecule has 4 rings (SSSR count). The molecule has 4 heteroatoms. The van der Waals surface area contributed by atoms with E-state index < -0.39 is 13.9 Å². The summed E-state index contributed by atoms with van der Waals surface area (Å²) in [4.78, 5) is 12.6. The third-order valence-corrected chi connectivity index (χ3v) is 12.8. The molecule has 4 atom stereocenters. The lowest BCUT2D eigenvalue weighted by molar-refractivity contribution is -0.155. The minimum atomic E-state index is -1.93. The lowest BCUT2D eigenvalue weighted by Crippen LogP contribution is -2.62. The van der Waals surface area contributed by atoms with Crippen LogP contribution in [-0.2, 0) is 9.22 Å². The van der Waals surface area contributed by atoms with Crippen molar-refractivity contribution >= 4 is 14.1 Å². The summed E-state index contributed by atoms with van der Waals surface area (Å²) in [6.45, 7) is 11.5. The van der Waals surface area contributed by atoms with Gasteiger partial charge >= 0.3 is 0 Å². The van der Waals surface area contributed by atoms with Gasteiger partial charge in [0.15, 0.2) is 14.1 Å². The molecule has 0 amide bonds. The summed E-state index contributed by atoms with van der Waals surface area (Å²) in [5.41, 5.74) is 1.49. The number of carbonyl (C=O) groups excluding carboxylic acids is 1. The Hall–Kier alpha value is -0.453. The fourth-order valence-corrected chi connectivity index (χ4v) is 7.46. The number of hydrogen-bond acceptors (Lipinski definition) is 3. The molecule has 1 N–H and O–H groups in total. The van der Waals surface area contributed by atoms with Gasteiger partial charge in [0.05, 0.1) is 11.7 Å².